The maximum Gasteiger partial charge on any atom is 0.327 e. The zero-order valence-corrected chi connectivity index (χ0v) is 14.1. The van der Waals surface area contributed by atoms with E-state index in [-0.39, 0.29) is 18.0 Å². The maximum atomic E-state index is 12.8. The number of carbonyl (C=O) groups is 2. The number of pyridine rings is 1. The van der Waals surface area contributed by atoms with E-state index < -0.39 is 5.54 Å². The molecule has 3 saturated heterocycles. The molecule has 0 aromatic carbocycles. The Morgan fingerprint density at radius 2 is 1.88 bits per heavy atom. The number of aromatic nitrogens is 1. The van der Waals surface area contributed by atoms with Gasteiger partial charge < -0.3 is 4.90 Å². The number of piperidine rings is 1. The van der Waals surface area contributed by atoms with Gasteiger partial charge in [-0.2, -0.15) is 0 Å². The lowest BCUT2D eigenvalue weighted by Crippen LogP contribution is -2.48. The summed E-state index contributed by atoms with van der Waals surface area (Å²) in [5, 5.41) is 0. The molecule has 3 aliphatic rings. The fourth-order valence-electron chi connectivity index (χ4n) is 4.37. The van der Waals surface area contributed by atoms with Crippen LogP contribution in [0.4, 0.5) is 4.79 Å². The van der Waals surface area contributed by atoms with Crippen molar-refractivity contribution in [2.75, 3.05) is 19.6 Å². The highest BCUT2D eigenvalue weighted by Crippen LogP contribution is 2.39. The molecule has 128 valence electrons. The Balaban J connectivity index is 1.40. The molecule has 1 aromatic rings. The summed E-state index contributed by atoms with van der Waals surface area (Å²) in [5.41, 5.74) is 0.676. The Bertz CT molecular complexity index is 642. The van der Waals surface area contributed by atoms with Crippen LogP contribution in [0.1, 0.15) is 38.2 Å². The molecule has 3 aliphatic heterocycles. The van der Waals surface area contributed by atoms with Crippen LogP contribution in [0.2, 0.25) is 0 Å². The van der Waals surface area contributed by atoms with Gasteiger partial charge in [0.2, 0.25) is 0 Å². The summed E-state index contributed by atoms with van der Waals surface area (Å²) >= 11 is 0. The van der Waals surface area contributed by atoms with Gasteiger partial charge in [-0.05, 0) is 50.3 Å². The SMILES string of the molecule is C[C@]12CCCN1C(=O)N(C1CCN(Cc3ccncc3)CC1)C2=O. The molecule has 0 spiro atoms. The van der Waals surface area contributed by atoms with E-state index in [4.69, 9.17) is 0 Å². The second-order valence-corrected chi connectivity index (χ2v) is 7.35. The summed E-state index contributed by atoms with van der Waals surface area (Å²) in [6.45, 7) is 5.39. The number of amides is 3. The third-order valence-corrected chi connectivity index (χ3v) is 5.84. The third-order valence-electron chi connectivity index (χ3n) is 5.84. The van der Waals surface area contributed by atoms with Crippen molar-refractivity contribution in [1.82, 2.24) is 19.7 Å². The van der Waals surface area contributed by atoms with E-state index in [1.807, 2.05) is 31.5 Å². The Kier molecular flexibility index (Phi) is 3.79. The van der Waals surface area contributed by atoms with Crippen molar-refractivity contribution in [2.24, 2.45) is 0 Å². The first kappa shape index (κ1) is 15.6. The molecular weight excluding hydrogens is 304 g/mol. The molecule has 24 heavy (non-hydrogen) atoms. The molecule has 0 N–H and O–H groups in total. The molecule has 1 atom stereocenters. The van der Waals surface area contributed by atoms with Crippen molar-refractivity contribution in [2.45, 2.75) is 50.7 Å². The molecule has 6 nitrogen and oxygen atoms in total. The highest BCUT2D eigenvalue weighted by Gasteiger charge is 2.57. The molecule has 3 amide bonds. The van der Waals surface area contributed by atoms with E-state index in [0.717, 1.165) is 51.9 Å². The number of rotatable bonds is 3. The highest BCUT2D eigenvalue weighted by molar-refractivity contribution is 6.07. The van der Waals surface area contributed by atoms with Gasteiger partial charge in [-0.1, -0.05) is 0 Å². The molecule has 0 unspecified atom stereocenters. The summed E-state index contributed by atoms with van der Waals surface area (Å²) in [5.74, 6) is 0.0255. The van der Waals surface area contributed by atoms with E-state index in [9.17, 15) is 9.59 Å². The second kappa shape index (κ2) is 5.84. The average Bonchev–Trinajstić information content (AvgIpc) is 3.07. The summed E-state index contributed by atoms with van der Waals surface area (Å²) in [6, 6.07) is 4.07. The van der Waals surface area contributed by atoms with Gasteiger partial charge in [0.15, 0.2) is 0 Å². The molecule has 0 saturated carbocycles. The average molecular weight is 328 g/mol. The molecule has 4 heterocycles. The number of nitrogens with zero attached hydrogens (tertiary/aromatic N) is 4. The zero-order chi connectivity index (χ0) is 16.7. The zero-order valence-electron chi connectivity index (χ0n) is 14.1. The van der Waals surface area contributed by atoms with Gasteiger partial charge in [0.1, 0.15) is 5.54 Å². The fourth-order valence-corrected chi connectivity index (χ4v) is 4.37. The van der Waals surface area contributed by atoms with Gasteiger partial charge >= 0.3 is 6.03 Å². The van der Waals surface area contributed by atoms with E-state index in [1.54, 1.807) is 9.80 Å². The van der Waals surface area contributed by atoms with E-state index >= 15 is 0 Å². The maximum absolute atomic E-state index is 12.8. The predicted octanol–water partition coefficient (Wildman–Crippen LogP) is 1.86. The van der Waals surface area contributed by atoms with Gasteiger partial charge in [0, 0.05) is 44.6 Å². The summed E-state index contributed by atoms with van der Waals surface area (Å²) in [7, 11) is 0. The first-order valence-corrected chi connectivity index (χ1v) is 8.86. The molecule has 0 radical (unpaired) electrons. The number of likely N-dealkylation sites (tertiary alicyclic amines) is 1. The molecule has 4 rings (SSSR count). The van der Waals surface area contributed by atoms with Crippen molar-refractivity contribution < 1.29 is 9.59 Å². The van der Waals surface area contributed by atoms with Crippen LogP contribution < -0.4 is 0 Å². The number of urea groups is 1. The second-order valence-electron chi connectivity index (χ2n) is 7.35. The lowest BCUT2D eigenvalue weighted by Gasteiger charge is -2.35. The van der Waals surface area contributed by atoms with E-state index in [1.165, 1.54) is 5.56 Å². The van der Waals surface area contributed by atoms with Crippen LogP contribution in [-0.4, -0.2) is 62.8 Å². The van der Waals surface area contributed by atoms with Gasteiger partial charge in [-0.3, -0.25) is 19.6 Å². The normalized spacial score (nSPS) is 28.7. The van der Waals surface area contributed by atoms with Crippen LogP contribution in [-0.2, 0) is 11.3 Å². The van der Waals surface area contributed by atoms with Gasteiger partial charge in [0.05, 0.1) is 0 Å². The number of hydrogen-bond acceptors (Lipinski definition) is 4. The van der Waals surface area contributed by atoms with Gasteiger partial charge in [0.25, 0.3) is 5.91 Å². The van der Waals surface area contributed by atoms with Crippen LogP contribution in [0.3, 0.4) is 0 Å². The molecule has 0 bridgehead atoms. The Labute approximate surface area is 142 Å². The summed E-state index contributed by atoms with van der Waals surface area (Å²) in [6.07, 6.45) is 7.11. The first-order valence-electron chi connectivity index (χ1n) is 8.86. The Morgan fingerprint density at radius 1 is 1.17 bits per heavy atom. The van der Waals surface area contributed by atoms with Crippen LogP contribution in [0.5, 0.6) is 0 Å². The minimum Gasteiger partial charge on any atom is -0.310 e. The minimum atomic E-state index is -0.578. The lowest BCUT2D eigenvalue weighted by atomic mass is 9.97. The molecule has 1 aromatic heterocycles. The minimum absolute atomic E-state index is 0.0255. The Morgan fingerprint density at radius 3 is 2.54 bits per heavy atom. The van der Waals surface area contributed by atoms with Crippen molar-refractivity contribution in [3.05, 3.63) is 30.1 Å². The molecule has 3 fully saturated rings. The van der Waals surface area contributed by atoms with Gasteiger partial charge in [-0.25, -0.2) is 4.79 Å². The van der Waals surface area contributed by atoms with Crippen LogP contribution in [0.25, 0.3) is 0 Å². The van der Waals surface area contributed by atoms with Crippen molar-refractivity contribution >= 4 is 11.9 Å². The summed E-state index contributed by atoms with van der Waals surface area (Å²) < 4.78 is 0. The van der Waals surface area contributed by atoms with Crippen molar-refractivity contribution in [1.29, 1.82) is 0 Å². The van der Waals surface area contributed by atoms with Crippen molar-refractivity contribution in [3.8, 4) is 0 Å². The number of imide groups is 1. The standard InChI is InChI=1S/C18H24N4O2/c1-18-7-2-10-21(18)17(24)22(16(18)23)15-5-11-20(12-6-15)13-14-3-8-19-9-4-14/h3-4,8-9,15H,2,5-7,10-13H2,1H3/t18-/m1/s1. The van der Waals surface area contributed by atoms with E-state index in [2.05, 4.69) is 9.88 Å². The van der Waals surface area contributed by atoms with Crippen LogP contribution in [0.15, 0.2) is 24.5 Å². The summed E-state index contributed by atoms with van der Waals surface area (Å²) in [4.78, 5) is 35.3. The smallest absolute Gasteiger partial charge is 0.310 e. The monoisotopic (exact) mass is 328 g/mol. The quantitative estimate of drug-likeness (QED) is 0.795. The van der Waals surface area contributed by atoms with Gasteiger partial charge in [-0.15, -0.1) is 0 Å². The van der Waals surface area contributed by atoms with E-state index in [0.29, 0.717) is 0 Å². The molecular formula is C18H24N4O2. The topological polar surface area (TPSA) is 56.8 Å². The molecule has 0 aliphatic carbocycles. The first-order chi connectivity index (χ1) is 11.6. The number of carbonyl (C=O) groups excluding carboxylic acids is 2. The number of fused-ring (bicyclic) bond motifs is 1. The Hall–Kier alpha value is -1.95. The highest BCUT2D eigenvalue weighted by atomic mass is 16.2. The van der Waals surface area contributed by atoms with Crippen LogP contribution in [0, 0.1) is 0 Å². The number of hydrogen-bond donors (Lipinski definition) is 0. The largest absolute Gasteiger partial charge is 0.327 e. The fraction of sp³-hybridized carbons (Fsp3) is 0.611. The lowest BCUT2D eigenvalue weighted by molar-refractivity contribution is -0.134. The third kappa shape index (κ3) is 2.40. The predicted molar refractivity (Wildman–Crippen MR) is 89.1 cm³/mol. The van der Waals surface area contributed by atoms with Crippen molar-refractivity contribution in [3.63, 3.8) is 0 Å². The molecule has 6 heteroatoms. The van der Waals surface area contributed by atoms with Crippen LogP contribution >= 0.6 is 0 Å².